The minimum absolute atomic E-state index is 0.0957. The van der Waals surface area contributed by atoms with Crippen molar-refractivity contribution in [2.24, 2.45) is 0 Å². The summed E-state index contributed by atoms with van der Waals surface area (Å²) in [6.07, 6.45) is 26.1. The molecule has 4 aliphatic heterocycles. The quantitative estimate of drug-likeness (QED) is 0.142. The molecule has 0 radical (unpaired) electrons. The van der Waals surface area contributed by atoms with Crippen molar-refractivity contribution in [1.82, 2.24) is 9.80 Å². The van der Waals surface area contributed by atoms with E-state index in [1.54, 1.807) is 9.80 Å². The molecular weight excluding hydrogens is 724 g/mol. The Bertz CT molecular complexity index is 1560. The van der Waals surface area contributed by atoms with Crippen LogP contribution in [0.15, 0.2) is 68.9 Å². The highest BCUT2D eigenvalue weighted by molar-refractivity contribution is 9.10. The van der Waals surface area contributed by atoms with E-state index in [0.29, 0.717) is 11.1 Å². The average molecular weight is 775 g/mol. The lowest BCUT2D eigenvalue weighted by molar-refractivity contribution is -0.122. The minimum Gasteiger partial charge on any atom is -0.282 e. The summed E-state index contributed by atoms with van der Waals surface area (Å²) in [5, 5.41) is 0. The first-order valence-electron chi connectivity index (χ1n) is 18.6. The molecule has 0 atom stereocenters. The molecule has 4 aliphatic rings. The number of halogens is 2. The number of allylic oxidation sites excluding steroid dienone is 2. The van der Waals surface area contributed by atoms with Gasteiger partial charge in [0, 0.05) is 32.5 Å². The zero-order valence-corrected chi connectivity index (χ0v) is 32.0. The van der Waals surface area contributed by atoms with Gasteiger partial charge >= 0.3 is 0 Å². The second kappa shape index (κ2) is 16.3. The molecule has 2 aromatic carbocycles. The Morgan fingerprint density at radius 3 is 1.21 bits per heavy atom. The molecule has 48 heavy (non-hydrogen) atoms. The predicted molar refractivity (Wildman–Crippen MR) is 206 cm³/mol. The van der Waals surface area contributed by atoms with E-state index in [-0.39, 0.29) is 11.8 Å². The summed E-state index contributed by atoms with van der Waals surface area (Å²) in [5.41, 5.74) is 9.09. The molecule has 254 valence electrons. The Kier molecular flexibility index (Phi) is 12.0. The lowest BCUT2D eigenvalue weighted by Gasteiger charge is -2.30. The largest absolute Gasteiger partial charge is 0.282 e. The first kappa shape index (κ1) is 35.1. The summed E-state index contributed by atoms with van der Waals surface area (Å²) in [6.45, 7) is 4.52. The predicted octanol–water partition coefficient (Wildman–Crippen LogP) is 12.8. The van der Waals surface area contributed by atoms with E-state index in [0.717, 1.165) is 68.3 Å². The molecule has 0 bridgehead atoms. The van der Waals surface area contributed by atoms with Gasteiger partial charge in [-0.1, -0.05) is 148 Å². The summed E-state index contributed by atoms with van der Waals surface area (Å²) < 4.78 is 2.02. The van der Waals surface area contributed by atoms with Crippen LogP contribution in [0.2, 0.25) is 0 Å². The number of rotatable bonds is 18. The van der Waals surface area contributed by atoms with E-state index in [9.17, 15) is 9.59 Å². The van der Waals surface area contributed by atoms with Crippen LogP contribution in [0.25, 0.3) is 22.5 Å². The van der Waals surface area contributed by atoms with Gasteiger partial charge in [0.2, 0.25) is 0 Å². The molecule has 0 spiro atoms. The number of fused-ring (bicyclic) bond motifs is 7. The van der Waals surface area contributed by atoms with Gasteiger partial charge in [0.05, 0.1) is 22.5 Å². The van der Waals surface area contributed by atoms with Gasteiger partial charge in [-0.15, -0.1) is 0 Å². The van der Waals surface area contributed by atoms with Crippen molar-refractivity contribution in [3.63, 3.8) is 0 Å². The zero-order chi connectivity index (χ0) is 33.6. The molecule has 0 N–H and O–H groups in total. The van der Waals surface area contributed by atoms with E-state index in [1.807, 2.05) is 24.5 Å². The third-order valence-corrected chi connectivity index (χ3v) is 11.4. The van der Waals surface area contributed by atoms with Crippen molar-refractivity contribution < 1.29 is 9.59 Å². The zero-order valence-electron chi connectivity index (χ0n) is 28.8. The standard InChI is InChI=1S/C42H50Br2N2O2/c1-3-5-7-9-11-13-15-17-19-29-27-45-39(33-23-21-31(43)25-35(29)33)37-38(41(45)47)40-34-24-22-32(44)26-36(34)30(28-46(40)42(37)48)20-18-16-14-12-10-8-6-4-2/h21-28H,3-20H2,1-2H3. The summed E-state index contributed by atoms with van der Waals surface area (Å²) in [7, 11) is 0. The van der Waals surface area contributed by atoms with Gasteiger partial charge in [-0.3, -0.25) is 19.4 Å². The van der Waals surface area contributed by atoms with E-state index in [2.05, 4.69) is 70.0 Å². The Balaban J connectivity index is 1.26. The Morgan fingerprint density at radius 2 is 0.833 bits per heavy atom. The van der Waals surface area contributed by atoms with Gasteiger partial charge in [0.25, 0.3) is 11.8 Å². The number of hydrogen-bond acceptors (Lipinski definition) is 2. The molecule has 0 aromatic heterocycles. The minimum atomic E-state index is -0.0957. The molecule has 2 amide bonds. The highest BCUT2D eigenvalue weighted by atomic mass is 79.9. The smallest absolute Gasteiger partial charge is 0.265 e. The fourth-order valence-electron chi connectivity index (χ4n) is 7.84. The Morgan fingerprint density at radius 1 is 0.479 bits per heavy atom. The SMILES string of the molecule is CCCCCCCCCCC1=CN2C(=O)C3=C4c5ccc(Br)cc5C(CCCCCCCCCC)=CN4C(=O)C3=C2c2ccc(Br)cc21. The maximum atomic E-state index is 14.4. The molecule has 2 aromatic rings. The highest BCUT2D eigenvalue weighted by Gasteiger charge is 2.50. The van der Waals surface area contributed by atoms with Gasteiger partial charge in [0.15, 0.2) is 0 Å². The monoisotopic (exact) mass is 772 g/mol. The first-order valence-corrected chi connectivity index (χ1v) is 20.2. The maximum absolute atomic E-state index is 14.4. The van der Waals surface area contributed by atoms with E-state index >= 15 is 0 Å². The molecule has 0 unspecified atom stereocenters. The summed E-state index contributed by atoms with van der Waals surface area (Å²) in [6, 6.07) is 12.5. The topological polar surface area (TPSA) is 40.6 Å². The first-order chi connectivity index (χ1) is 23.4. The number of amides is 2. The number of carbonyl (C=O) groups is 2. The van der Waals surface area contributed by atoms with Crippen molar-refractivity contribution in [3.8, 4) is 0 Å². The van der Waals surface area contributed by atoms with Gasteiger partial charge in [0.1, 0.15) is 0 Å². The molecular formula is C42H50Br2N2O2. The van der Waals surface area contributed by atoms with Crippen molar-refractivity contribution in [2.75, 3.05) is 0 Å². The van der Waals surface area contributed by atoms with Crippen molar-refractivity contribution in [3.05, 3.63) is 91.1 Å². The van der Waals surface area contributed by atoms with E-state index in [4.69, 9.17) is 0 Å². The van der Waals surface area contributed by atoms with Crippen LogP contribution in [0.3, 0.4) is 0 Å². The van der Waals surface area contributed by atoms with E-state index in [1.165, 1.54) is 101 Å². The van der Waals surface area contributed by atoms with Crippen molar-refractivity contribution in [1.29, 1.82) is 0 Å². The molecule has 6 rings (SSSR count). The third-order valence-electron chi connectivity index (χ3n) is 10.4. The molecule has 0 fully saturated rings. The lowest BCUT2D eigenvalue weighted by Crippen LogP contribution is -2.28. The van der Waals surface area contributed by atoms with E-state index < -0.39 is 0 Å². The average Bonchev–Trinajstić information content (AvgIpc) is 3.53. The van der Waals surface area contributed by atoms with Crippen LogP contribution < -0.4 is 0 Å². The summed E-state index contributed by atoms with van der Waals surface area (Å²) in [4.78, 5) is 32.4. The Hall–Kier alpha value is -2.70. The third kappa shape index (κ3) is 7.26. The molecule has 4 nitrogen and oxygen atoms in total. The van der Waals surface area contributed by atoms with Crippen molar-refractivity contribution in [2.45, 2.75) is 129 Å². The number of nitrogens with zero attached hydrogens (tertiary/aromatic N) is 2. The molecule has 0 saturated heterocycles. The van der Waals surface area contributed by atoms with Crippen LogP contribution in [-0.2, 0) is 9.59 Å². The number of hydrogen-bond donors (Lipinski definition) is 0. The second-order valence-electron chi connectivity index (χ2n) is 13.9. The lowest BCUT2D eigenvalue weighted by atomic mass is 9.90. The van der Waals surface area contributed by atoms with Crippen molar-refractivity contribution >= 4 is 66.2 Å². The van der Waals surface area contributed by atoms with Crippen LogP contribution in [0.4, 0.5) is 0 Å². The van der Waals surface area contributed by atoms with Gasteiger partial charge in [-0.25, -0.2) is 0 Å². The fourth-order valence-corrected chi connectivity index (χ4v) is 8.56. The van der Waals surface area contributed by atoms with Crippen LogP contribution in [0.1, 0.15) is 152 Å². The number of unbranched alkanes of at least 4 members (excludes halogenated alkanes) is 14. The normalized spacial score (nSPS) is 16.2. The van der Waals surface area contributed by atoms with Crippen LogP contribution >= 0.6 is 31.9 Å². The maximum Gasteiger partial charge on any atom is 0.265 e. The molecule has 0 saturated carbocycles. The fraction of sp³-hybridized carbons (Fsp3) is 0.476. The Labute approximate surface area is 304 Å². The van der Waals surface area contributed by atoms with Gasteiger partial charge < -0.3 is 0 Å². The van der Waals surface area contributed by atoms with Gasteiger partial charge in [-0.2, -0.15) is 0 Å². The molecule has 4 heterocycles. The van der Waals surface area contributed by atoms with Crippen LogP contribution in [0.5, 0.6) is 0 Å². The molecule has 0 aliphatic carbocycles. The highest BCUT2D eigenvalue weighted by Crippen LogP contribution is 2.53. The van der Waals surface area contributed by atoms with Crippen LogP contribution in [-0.4, -0.2) is 21.6 Å². The number of benzene rings is 2. The summed E-state index contributed by atoms with van der Waals surface area (Å²) >= 11 is 7.40. The summed E-state index contributed by atoms with van der Waals surface area (Å²) in [5.74, 6) is -0.191. The van der Waals surface area contributed by atoms with Gasteiger partial charge in [-0.05, 0) is 72.2 Å². The second-order valence-corrected chi connectivity index (χ2v) is 15.8. The van der Waals surface area contributed by atoms with Crippen LogP contribution in [0, 0.1) is 0 Å². The molecule has 6 heteroatoms. The number of carbonyl (C=O) groups excluding carboxylic acids is 2.